The first-order valence-corrected chi connectivity index (χ1v) is 11.3. The van der Waals surface area contributed by atoms with E-state index in [9.17, 15) is 9.82 Å². The molecule has 7 nitrogen and oxygen atoms in total. The Kier molecular flexibility index (Phi) is 6.85. The molecule has 0 bridgehead atoms. The quantitative estimate of drug-likeness (QED) is 0.544. The Hall–Kier alpha value is -1.36. The molecule has 2 aromatic rings. The first kappa shape index (κ1) is 21.4. The van der Waals surface area contributed by atoms with Gasteiger partial charge in [-0.25, -0.2) is 9.97 Å². The molecule has 0 aromatic carbocycles. The predicted molar refractivity (Wildman–Crippen MR) is 114 cm³/mol. The van der Waals surface area contributed by atoms with Gasteiger partial charge in [-0.1, -0.05) is 32.1 Å². The molecule has 2 N–H and O–H groups in total. The minimum Gasteiger partial charge on any atom is -0.444 e. The summed E-state index contributed by atoms with van der Waals surface area (Å²) in [5, 5.41) is 13.3. The van der Waals surface area contributed by atoms with Crippen LogP contribution in [-0.4, -0.2) is 45.9 Å². The zero-order chi connectivity index (χ0) is 20.3. The molecule has 0 saturated carbocycles. The Labute approximate surface area is 174 Å². The maximum atomic E-state index is 12.5. The monoisotopic (exact) mass is 422 g/mol. The number of anilines is 1. The van der Waals surface area contributed by atoms with Gasteiger partial charge in [0.1, 0.15) is 5.76 Å². The summed E-state index contributed by atoms with van der Waals surface area (Å²) in [6, 6.07) is 0. The molecule has 1 aliphatic rings. The summed E-state index contributed by atoms with van der Waals surface area (Å²) in [4.78, 5) is 23.1. The van der Waals surface area contributed by atoms with Gasteiger partial charge in [0.2, 0.25) is 11.8 Å². The zero-order valence-electron chi connectivity index (χ0n) is 16.8. The van der Waals surface area contributed by atoms with E-state index in [-0.39, 0.29) is 17.2 Å². The lowest BCUT2D eigenvalue weighted by Gasteiger charge is -2.32. The van der Waals surface area contributed by atoms with E-state index in [4.69, 9.17) is 4.42 Å². The molecule has 1 fully saturated rings. The van der Waals surface area contributed by atoms with Crippen molar-refractivity contribution in [1.29, 1.82) is 0 Å². The third-order valence-corrected chi connectivity index (χ3v) is 6.79. The number of carbonyl (C=O) groups excluding carboxylic acids is 1. The fraction of sp³-hybridized carbons (Fsp3) is 0.611. The summed E-state index contributed by atoms with van der Waals surface area (Å²) in [6.07, 6.45) is 5.30. The van der Waals surface area contributed by atoms with Gasteiger partial charge in [0.15, 0.2) is 5.13 Å². The normalized spacial score (nSPS) is 18.2. The van der Waals surface area contributed by atoms with Gasteiger partial charge in [0, 0.05) is 12.0 Å². The van der Waals surface area contributed by atoms with Crippen LogP contribution in [0.15, 0.2) is 21.0 Å². The van der Waals surface area contributed by atoms with Crippen LogP contribution in [-0.2, 0) is 16.0 Å². The van der Waals surface area contributed by atoms with E-state index in [1.54, 1.807) is 31.0 Å². The molecule has 10 heteroatoms. The van der Waals surface area contributed by atoms with Crippen LogP contribution >= 0.6 is 23.1 Å². The number of carbonyl (C=O) groups is 1. The topological polar surface area (TPSA) is 91.5 Å². The minimum atomic E-state index is -0.521. The first-order chi connectivity index (χ1) is 13.2. The summed E-state index contributed by atoms with van der Waals surface area (Å²) < 4.78 is 6.81. The summed E-state index contributed by atoms with van der Waals surface area (Å²) in [6.45, 7) is 9.43. The number of piperidine rings is 1. The average molecular weight is 422 g/mol. The molecular formula is C18H27BN4O3S2. The van der Waals surface area contributed by atoms with Crippen LogP contribution in [0.5, 0.6) is 0 Å². The molecule has 1 amide bonds. The number of nitrogens with one attached hydrogen (secondary N) is 1. The molecule has 1 saturated heterocycles. The Morgan fingerprint density at radius 3 is 2.93 bits per heavy atom. The van der Waals surface area contributed by atoms with Crippen LogP contribution in [0, 0.1) is 5.92 Å². The van der Waals surface area contributed by atoms with Crippen LogP contribution in [0.2, 0.25) is 6.82 Å². The van der Waals surface area contributed by atoms with Crippen LogP contribution in [0.3, 0.4) is 0 Å². The number of hydrogen-bond donors (Lipinski definition) is 2. The number of oxazole rings is 1. The molecule has 3 heterocycles. The molecule has 28 heavy (non-hydrogen) atoms. The van der Waals surface area contributed by atoms with Crippen LogP contribution in [0.25, 0.3) is 0 Å². The van der Waals surface area contributed by atoms with Crippen molar-refractivity contribution in [2.24, 2.45) is 5.92 Å². The van der Waals surface area contributed by atoms with E-state index in [0.29, 0.717) is 23.3 Å². The molecular weight excluding hydrogens is 395 g/mol. The van der Waals surface area contributed by atoms with Gasteiger partial charge in [-0.3, -0.25) is 4.79 Å². The second-order valence-corrected chi connectivity index (χ2v) is 10.4. The van der Waals surface area contributed by atoms with Crippen LogP contribution in [0.1, 0.15) is 45.3 Å². The molecule has 1 unspecified atom stereocenters. The molecule has 2 aromatic heterocycles. The molecule has 0 spiro atoms. The summed E-state index contributed by atoms with van der Waals surface area (Å²) in [5.41, 5.74) is -0.0552. The highest BCUT2D eigenvalue weighted by atomic mass is 32.2. The SMILES string of the molecule is CB(O)N1CCCC(C(=O)Nc2ncc(SCc3ncc(C(C)(C)C)o3)s2)C1. The second kappa shape index (κ2) is 8.98. The van der Waals surface area contributed by atoms with Gasteiger partial charge in [-0.05, 0) is 26.2 Å². The maximum Gasteiger partial charge on any atom is 0.376 e. The van der Waals surface area contributed by atoms with Gasteiger partial charge in [0.25, 0.3) is 0 Å². The van der Waals surface area contributed by atoms with E-state index in [1.807, 2.05) is 4.81 Å². The van der Waals surface area contributed by atoms with E-state index in [2.05, 4.69) is 36.1 Å². The molecule has 152 valence electrons. The second-order valence-electron chi connectivity index (χ2n) is 8.10. The predicted octanol–water partition coefficient (Wildman–Crippen LogP) is 3.48. The third kappa shape index (κ3) is 5.59. The summed E-state index contributed by atoms with van der Waals surface area (Å²) in [7, 11) is -0.521. The van der Waals surface area contributed by atoms with Gasteiger partial charge in [-0.2, -0.15) is 0 Å². The van der Waals surface area contributed by atoms with E-state index < -0.39 is 7.05 Å². The molecule has 1 atom stereocenters. The average Bonchev–Trinajstić information content (AvgIpc) is 3.29. The van der Waals surface area contributed by atoms with Crippen molar-refractivity contribution in [2.45, 2.75) is 55.8 Å². The Morgan fingerprint density at radius 1 is 1.46 bits per heavy atom. The highest BCUT2D eigenvalue weighted by Crippen LogP contribution is 2.32. The Bertz CT molecular complexity index is 803. The van der Waals surface area contributed by atoms with Gasteiger partial charge < -0.3 is 19.6 Å². The molecule has 0 aliphatic carbocycles. The van der Waals surface area contributed by atoms with Crippen molar-refractivity contribution >= 4 is 41.2 Å². The van der Waals surface area contributed by atoms with E-state index >= 15 is 0 Å². The van der Waals surface area contributed by atoms with Crippen molar-refractivity contribution in [2.75, 3.05) is 18.4 Å². The minimum absolute atomic E-state index is 0.0289. The maximum absolute atomic E-state index is 12.5. The first-order valence-electron chi connectivity index (χ1n) is 9.49. The number of nitrogens with zero attached hydrogens (tertiary/aromatic N) is 3. The van der Waals surface area contributed by atoms with Crippen molar-refractivity contribution < 1.29 is 14.2 Å². The van der Waals surface area contributed by atoms with Gasteiger partial charge in [0.05, 0.1) is 28.3 Å². The number of aromatic nitrogens is 2. The van der Waals surface area contributed by atoms with E-state index in [0.717, 1.165) is 29.4 Å². The van der Waals surface area contributed by atoms with Crippen molar-refractivity contribution in [3.63, 3.8) is 0 Å². The third-order valence-electron chi connectivity index (χ3n) is 4.70. The van der Waals surface area contributed by atoms with Crippen LogP contribution in [0.4, 0.5) is 5.13 Å². The highest BCUT2D eigenvalue weighted by Gasteiger charge is 2.29. The smallest absolute Gasteiger partial charge is 0.376 e. The molecule has 3 rings (SSSR count). The highest BCUT2D eigenvalue weighted by molar-refractivity contribution is 8.00. The lowest BCUT2D eigenvalue weighted by Crippen LogP contribution is -2.47. The van der Waals surface area contributed by atoms with Crippen molar-refractivity contribution in [3.8, 4) is 0 Å². The van der Waals surface area contributed by atoms with Crippen molar-refractivity contribution in [3.05, 3.63) is 24.0 Å². The van der Waals surface area contributed by atoms with Crippen molar-refractivity contribution in [1.82, 2.24) is 14.8 Å². The van der Waals surface area contributed by atoms with Gasteiger partial charge >= 0.3 is 7.05 Å². The van der Waals surface area contributed by atoms with E-state index in [1.165, 1.54) is 11.3 Å². The number of thioether (sulfide) groups is 1. The standard InChI is InChI=1S/C18H27BN4O3S2/c1-18(2,3)13-8-20-14(26-13)11-27-15-9-21-17(28-15)22-16(24)12-6-5-7-23(10-12)19(4)25/h8-9,12,25H,5-7,10-11H2,1-4H3,(H,21,22,24). The molecule has 1 aliphatic heterocycles. The summed E-state index contributed by atoms with van der Waals surface area (Å²) in [5.74, 6) is 2.04. The lowest BCUT2D eigenvalue weighted by molar-refractivity contribution is -0.121. The van der Waals surface area contributed by atoms with Gasteiger partial charge in [-0.15, -0.1) is 11.8 Å². The Morgan fingerprint density at radius 2 is 2.25 bits per heavy atom. The number of thiazole rings is 1. The summed E-state index contributed by atoms with van der Waals surface area (Å²) >= 11 is 3.04. The number of hydrogen-bond acceptors (Lipinski definition) is 8. The fourth-order valence-electron chi connectivity index (χ4n) is 3.01. The Balaban J connectivity index is 1.51. The van der Waals surface area contributed by atoms with Crippen LogP contribution < -0.4 is 5.32 Å². The largest absolute Gasteiger partial charge is 0.444 e. The number of rotatable bonds is 6. The zero-order valence-corrected chi connectivity index (χ0v) is 18.4. The number of amides is 1. The lowest BCUT2D eigenvalue weighted by atomic mass is 9.80. The molecule has 0 radical (unpaired) electrons. The fourth-order valence-corrected chi connectivity index (χ4v) is 4.74.